The van der Waals surface area contributed by atoms with Crippen molar-refractivity contribution in [3.05, 3.63) is 0 Å². The van der Waals surface area contributed by atoms with E-state index in [4.69, 9.17) is 16.2 Å². The standard InChI is InChI=1S/C7H12N2O4/c1-4(13-6(8)11)12-5(10)7(9)2-3-7/h4H,2-3,9H2,1H3,(H2,8,11). The van der Waals surface area contributed by atoms with Crippen LogP contribution in [0.3, 0.4) is 0 Å². The van der Waals surface area contributed by atoms with Crippen molar-refractivity contribution in [2.75, 3.05) is 0 Å². The zero-order valence-electron chi connectivity index (χ0n) is 7.28. The number of ether oxygens (including phenoxy) is 2. The Morgan fingerprint density at radius 2 is 1.92 bits per heavy atom. The lowest BCUT2D eigenvalue weighted by Gasteiger charge is -2.14. The van der Waals surface area contributed by atoms with Gasteiger partial charge in [-0.1, -0.05) is 0 Å². The molecule has 0 aliphatic heterocycles. The van der Waals surface area contributed by atoms with Crippen molar-refractivity contribution < 1.29 is 19.1 Å². The maximum atomic E-state index is 11.1. The quantitative estimate of drug-likeness (QED) is 0.457. The molecule has 6 nitrogen and oxygen atoms in total. The van der Waals surface area contributed by atoms with Gasteiger partial charge in [0.2, 0.25) is 6.29 Å². The van der Waals surface area contributed by atoms with Gasteiger partial charge in [0.25, 0.3) is 0 Å². The van der Waals surface area contributed by atoms with E-state index in [-0.39, 0.29) is 0 Å². The van der Waals surface area contributed by atoms with Crippen molar-refractivity contribution in [1.82, 2.24) is 0 Å². The SMILES string of the molecule is CC(OC(N)=O)OC(=O)C1(N)CC1. The van der Waals surface area contributed by atoms with Gasteiger partial charge in [-0.15, -0.1) is 0 Å². The molecule has 0 radical (unpaired) electrons. The van der Waals surface area contributed by atoms with Gasteiger partial charge in [0.05, 0.1) is 0 Å². The minimum atomic E-state index is -0.984. The molecule has 1 aliphatic carbocycles. The highest BCUT2D eigenvalue weighted by Gasteiger charge is 2.48. The minimum Gasteiger partial charge on any atom is -0.424 e. The summed E-state index contributed by atoms with van der Waals surface area (Å²) in [5.41, 5.74) is 9.37. The summed E-state index contributed by atoms with van der Waals surface area (Å²) in [7, 11) is 0. The Kier molecular flexibility index (Phi) is 2.42. The van der Waals surface area contributed by atoms with Gasteiger partial charge < -0.3 is 20.9 Å². The van der Waals surface area contributed by atoms with E-state index in [1.807, 2.05) is 0 Å². The first-order valence-corrected chi connectivity index (χ1v) is 3.90. The molecule has 0 spiro atoms. The molecule has 6 heteroatoms. The molecular weight excluding hydrogens is 176 g/mol. The van der Waals surface area contributed by atoms with Crippen LogP contribution >= 0.6 is 0 Å². The number of hydrogen-bond acceptors (Lipinski definition) is 5. The van der Waals surface area contributed by atoms with Crippen molar-refractivity contribution in [1.29, 1.82) is 0 Å². The van der Waals surface area contributed by atoms with Crippen LogP contribution < -0.4 is 11.5 Å². The lowest BCUT2D eigenvalue weighted by atomic mass is 10.3. The second-order valence-corrected chi connectivity index (χ2v) is 3.07. The first kappa shape index (κ1) is 9.79. The molecular formula is C7H12N2O4. The van der Waals surface area contributed by atoms with Crippen LogP contribution in [0.4, 0.5) is 4.79 Å². The predicted molar refractivity (Wildman–Crippen MR) is 42.4 cm³/mol. The highest BCUT2D eigenvalue weighted by Crippen LogP contribution is 2.33. The number of nitrogens with two attached hydrogens (primary N) is 2. The Bertz CT molecular complexity index is 237. The summed E-state index contributed by atoms with van der Waals surface area (Å²) < 4.78 is 9.09. The summed E-state index contributed by atoms with van der Waals surface area (Å²) in [6.45, 7) is 1.40. The maximum absolute atomic E-state index is 11.1. The van der Waals surface area contributed by atoms with Gasteiger partial charge in [-0.3, -0.25) is 0 Å². The van der Waals surface area contributed by atoms with Crippen molar-refractivity contribution >= 4 is 12.1 Å². The molecule has 0 bridgehead atoms. The van der Waals surface area contributed by atoms with E-state index in [2.05, 4.69) is 4.74 Å². The molecule has 0 aromatic heterocycles. The summed E-state index contributed by atoms with van der Waals surface area (Å²) in [5.74, 6) is -0.554. The molecule has 74 valence electrons. The van der Waals surface area contributed by atoms with E-state index in [9.17, 15) is 9.59 Å². The van der Waals surface area contributed by atoms with Crippen LogP contribution in [0.2, 0.25) is 0 Å². The van der Waals surface area contributed by atoms with Crippen LogP contribution in [0.15, 0.2) is 0 Å². The molecule has 1 aliphatic rings. The van der Waals surface area contributed by atoms with Crippen molar-refractivity contribution in [3.8, 4) is 0 Å². The number of hydrogen-bond donors (Lipinski definition) is 2. The first-order valence-electron chi connectivity index (χ1n) is 3.90. The van der Waals surface area contributed by atoms with Gasteiger partial charge >= 0.3 is 12.1 Å². The van der Waals surface area contributed by atoms with Crippen LogP contribution in [-0.2, 0) is 14.3 Å². The molecule has 1 fully saturated rings. The van der Waals surface area contributed by atoms with Crippen molar-refractivity contribution in [2.45, 2.75) is 31.6 Å². The fourth-order valence-electron chi connectivity index (χ4n) is 0.795. The Morgan fingerprint density at radius 1 is 1.38 bits per heavy atom. The smallest absolute Gasteiger partial charge is 0.407 e. The Balaban J connectivity index is 2.31. The van der Waals surface area contributed by atoms with Gasteiger partial charge in [0.15, 0.2) is 0 Å². The molecule has 1 saturated carbocycles. The minimum absolute atomic E-state index is 0.554. The molecule has 0 saturated heterocycles. The number of carbonyl (C=O) groups is 2. The molecule has 1 amide bonds. The fraction of sp³-hybridized carbons (Fsp3) is 0.714. The number of rotatable bonds is 3. The van der Waals surface area contributed by atoms with Crippen LogP contribution in [0.5, 0.6) is 0 Å². The van der Waals surface area contributed by atoms with Gasteiger partial charge in [-0.05, 0) is 12.8 Å². The average Bonchev–Trinajstić information content (AvgIpc) is 2.67. The van der Waals surface area contributed by atoms with Crippen LogP contribution in [0, 0.1) is 0 Å². The lowest BCUT2D eigenvalue weighted by Crippen LogP contribution is -2.38. The number of esters is 1. The summed E-state index contributed by atoms with van der Waals surface area (Å²) in [6.07, 6.45) is -0.752. The summed E-state index contributed by atoms with van der Waals surface area (Å²) in [5, 5.41) is 0. The van der Waals surface area contributed by atoms with Crippen LogP contribution in [0.25, 0.3) is 0 Å². The number of carbonyl (C=O) groups excluding carboxylic acids is 2. The van der Waals surface area contributed by atoms with E-state index >= 15 is 0 Å². The molecule has 0 aromatic carbocycles. The molecule has 1 atom stereocenters. The van der Waals surface area contributed by atoms with E-state index in [0.29, 0.717) is 12.8 Å². The summed E-state index contributed by atoms with van der Waals surface area (Å²) >= 11 is 0. The Hall–Kier alpha value is -1.30. The normalized spacial score (nSPS) is 20.2. The van der Waals surface area contributed by atoms with Gasteiger partial charge in [0.1, 0.15) is 5.54 Å². The average molecular weight is 188 g/mol. The zero-order valence-corrected chi connectivity index (χ0v) is 7.28. The van der Waals surface area contributed by atoms with Crippen LogP contribution in [0.1, 0.15) is 19.8 Å². The lowest BCUT2D eigenvalue weighted by molar-refractivity contribution is -0.167. The number of primary amides is 1. The highest BCUT2D eigenvalue weighted by molar-refractivity contribution is 5.84. The third kappa shape index (κ3) is 2.59. The molecule has 0 heterocycles. The monoisotopic (exact) mass is 188 g/mol. The van der Waals surface area contributed by atoms with E-state index in [1.165, 1.54) is 6.92 Å². The van der Waals surface area contributed by atoms with Gasteiger partial charge in [-0.25, -0.2) is 9.59 Å². The molecule has 13 heavy (non-hydrogen) atoms. The van der Waals surface area contributed by atoms with E-state index < -0.39 is 23.9 Å². The van der Waals surface area contributed by atoms with Crippen LogP contribution in [-0.4, -0.2) is 23.9 Å². The molecule has 0 aromatic rings. The predicted octanol–water partition coefficient (Wildman–Crippen LogP) is -0.538. The topological polar surface area (TPSA) is 105 Å². The second-order valence-electron chi connectivity index (χ2n) is 3.07. The Morgan fingerprint density at radius 3 is 2.31 bits per heavy atom. The largest absolute Gasteiger partial charge is 0.424 e. The third-order valence-electron chi connectivity index (χ3n) is 1.75. The Labute approximate surface area is 75.2 Å². The maximum Gasteiger partial charge on any atom is 0.407 e. The molecule has 1 unspecified atom stereocenters. The fourth-order valence-corrected chi connectivity index (χ4v) is 0.795. The van der Waals surface area contributed by atoms with Crippen molar-refractivity contribution in [3.63, 3.8) is 0 Å². The number of amides is 1. The molecule has 4 N–H and O–H groups in total. The van der Waals surface area contributed by atoms with E-state index in [0.717, 1.165) is 0 Å². The summed E-state index contributed by atoms with van der Waals surface area (Å²) in [4.78, 5) is 21.4. The van der Waals surface area contributed by atoms with E-state index in [1.54, 1.807) is 0 Å². The van der Waals surface area contributed by atoms with Gasteiger partial charge in [0, 0.05) is 6.92 Å². The highest BCUT2D eigenvalue weighted by atomic mass is 16.7. The molecule has 1 rings (SSSR count). The zero-order chi connectivity index (χ0) is 10.1. The summed E-state index contributed by atoms with van der Waals surface area (Å²) in [6, 6.07) is 0. The first-order chi connectivity index (χ1) is 5.94. The second kappa shape index (κ2) is 3.21. The third-order valence-corrected chi connectivity index (χ3v) is 1.75. The van der Waals surface area contributed by atoms with Crippen molar-refractivity contribution in [2.24, 2.45) is 11.5 Å². The van der Waals surface area contributed by atoms with Gasteiger partial charge in [-0.2, -0.15) is 0 Å².